The summed E-state index contributed by atoms with van der Waals surface area (Å²) in [7, 11) is 0. The van der Waals surface area contributed by atoms with Gasteiger partial charge in [-0.25, -0.2) is 4.98 Å². The lowest BCUT2D eigenvalue weighted by Crippen LogP contribution is -1.81. The predicted molar refractivity (Wildman–Crippen MR) is 66.7 cm³/mol. The normalized spacial score (nSPS) is 10.8. The summed E-state index contributed by atoms with van der Waals surface area (Å²) in [6.07, 6.45) is 3.58. The van der Waals surface area contributed by atoms with E-state index in [0.717, 1.165) is 22.2 Å². The zero-order valence-electron chi connectivity index (χ0n) is 8.40. The Hall–Kier alpha value is -1.94. The number of nitrogens with one attached hydrogen (secondary N) is 2. The molecule has 0 radical (unpaired) electrons. The predicted octanol–water partition coefficient (Wildman–Crippen LogP) is 3.29. The van der Waals surface area contributed by atoms with Crippen LogP contribution in [0.15, 0.2) is 42.9 Å². The fraction of sp³-hybridized carbons (Fsp3) is 0. The van der Waals surface area contributed by atoms with Gasteiger partial charge in [-0.15, -0.1) is 0 Å². The SMILES string of the molecule is S=c1nc[nH]c2c(-c3ccccc3)c[nH]c12. The van der Waals surface area contributed by atoms with Gasteiger partial charge in [0.2, 0.25) is 0 Å². The zero-order chi connectivity index (χ0) is 11.0. The molecular weight excluding hydrogens is 218 g/mol. The lowest BCUT2D eigenvalue weighted by molar-refractivity contribution is 1.20. The molecule has 2 aromatic heterocycles. The van der Waals surface area contributed by atoms with E-state index in [9.17, 15) is 0 Å². The topological polar surface area (TPSA) is 44.5 Å². The maximum absolute atomic E-state index is 5.15. The Labute approximate surface area is 97.2 Å². The summed E-state index contributed by atoms with van der Waals surface area (Å²) >= 11 is 5.15. The highest BCUT2D eigenvalue weighted by molar-refractivity contribution is 7.71. The summed E-state index contributed by atoms with van der Waals surface area (Å²) in [4.78, 5) is 10.3. The molecule has 78 valence electrons. The van der Waals surface area contributed by atoms with Crippen LogP contribution in [-0.4, -0.2) is 15.0 Å². The van der Waals surface area contributed by atoms with E-state index in [1.54, 1.807) is 6.33 Å². The molecule has 1 aromatic carbocycles. The highest BCUT2D eigenvalue weighted by Gasteiger charge is 2.06. The van der Waals surface area contributed by atoms with E-state index in [2.05, 4.69) is 27.1 Å². The van der Waals surface area contributed by atoms with Crippen molar-refractivity contribution < 1.29 is 0 Å². The summed E-state index contributed by atoms with van der Waals surface area (Å²) in [6, 6.07) is 10.2. The number of rotatable bonds is 1. The van der Waals surface area contributed by atoms with Crippen molar-refractivity contribution >= 4 is 23.3 Å². The Bertz CT molecular complexity index is 682. The van der Waals surface area contributed by atoms with Gasteiger partial charge in [-0.2, -0.15) is 0 Å². The van der Waals surface area contributed by atoms with Crippen LogP contribution in [0.25, 0.3) is 22.2 Å². The van der Waals surface area contributed by atoms with Crippen LogP contribution in [0.1, 0.15) is 0 Å². The molecule has 3 nitrogen and oxygen atoms in total. The van der Waals surface area contributed by atoms with Gasteiger partial charge in [-0.1, -0.05) is 42.5 Å². The standard InChI is InChI=1S/C12H9N3S/c16-12-11-10(14-7-15-12)9(6-13-11)8-4-2-1-3-5-8/h1-7,13H,(H,14,15,16). The Morgan fingerprint density at radius 3 is 2.62 bits per heavy atom. The van der Waals surface area contributed by atoms with E-state index >= 15 is 0 Å². The Morgan fingerprint density at radius 1 is 1.00 bits per heavy atom. The number of aromatic amines is 2. The maximum Gasteiger partial charge on any atom is 0.153 e. The van der Waals surface area contributed by atoms with Crippen molar-refractivity contribution in [2.24, 2.45) is 0 Å². The minimum absolute atomic E-state index is 0.593. The third-order valence-electron chi connectivity index (χ3n) is 2.57. The third kappa shape index (κ3) is 1.35. The van der Waals surface area contributed by atoms with Crippen molar-refractivity contribution in [3.05, 3.63) is 47.5 Å². The van der Waals surface area contributed by atoms with Crippen molar-refractivity contribution in [1.82, 2.24) is 15.0 Å². The minimum Gasteiger partial charge on any atom is -0.357 e. The summed E-state index contributed by atoms with van der Waals surface area (Å²) in [5, 5.41) is 0. The van der Waals surface area contributed by atoms with Gasteiger partial charge < -0.3 is 9.97 Å². The molecule has 3 aromatic rings. The Balaban J connectivity index is 2.34. The first kappa shape index (κ1) is 9.30. The zero-order valence-corrected chi connectivity index (χ0v) is 9.21. The fourth-order valence-corrected chi connectivity index (χ4v) is 2.02. The second-order valence-electron chi connectivity index (χ2n) is 3.53. The molecule has 0 fully saturated rings. The number of aromatic nitrogens is 3. The molecule has 4 heteroatoms. The van der Waals surface area contributed by atoms with E-state index in [4.69, 9.17) is 12.2 Å². The molecule has 0 saturated heterocycles. The van der Waals surface area contributed by atoms with E-state index in [-0.39, 0.29) is 0 Å². The molecule has 0 unspecified atom stereocenters. The van der Waals surface area contributed by atoms with E-state index in [1.165, 1.54) is 0 Å². The van der Waals surface area contributed by atoms with Crippen molar-refractivity contribution in [3.63, 3.8) is 0 Å². The number of hydrogen-bond donors (Lipinski definition) is 2. The van der Waals surface area contributed by atoms with Crippen LogP contribution in [0.2, 0.25) is 0 Å². The van der Waals surface area contributed by atoms with Gasteiger partial charge in [-0.05, 0) is 5.56 Å². The number of nitrogens with zero attached hydrogens (tertiary/aromatic N) is 1. The van der Waals surface area contributed by atoms with Gasteiger partial charge in [0.05, 0.1) is 11.8 Å². The fourth-order valence-electron chi connectivity index (χ4n) is 1.81. The van der Waals surface area contributed by atoms with Crippen molar-refractivity contribution in [3.8, 4) is 11.1 Å². The highest BCUT2D eigenvalue weighted by Crippen LogP contribution is 2.26. The van der Waals surface area contributed by atoms with Crippen LogP contribution in [-0.2, 0) is 0 Å². The molecular formula is C12H9N3S. The van der Waals surface area contributed by atoms with Crippen LogP contribution in [0.3, 0.4) is 0 Å². The number of benzene rings is 1. The smallest absolute Gasteiger partial charge is 0.153 e. The lowest BCUT2D eigenvalue weighted by Gasteiger charge is -1.98. The molecule has 2 heterocycles. The van der Waals surface area contributed by atoms with Crippen molar-refractivity contribution in [1.29, 1.82) is 0 Å². The first-order chi connectivity index (χ1) is 7.86. The molecule has 16 heavy (non-hydrogen) atoms. The van der Waals surface area contributed by atoms with Gasteiger partial charge in [0, 0.05) is 11.8 Å². The van der Waals surface area contributed by atoms with E-state index < -0.39 is 0 Å². The molecule has 0 atom stereocenters. The average Bonchev–Trinajstić information content (AvgIpc) is 2.75. The molecule has 2 N–H and O–H groups in total. The van der Waals surface area contributed by atoms with Crippen LogP contribution < -0.4 is 0 Å². The van der Waals surface area contributed by atoms with E-state index in [1.807, 2.05) is 24.4 Å². The number of fused-ring (bicyclic) bond motifs is 1. The summed E-state index contributed by atoms with van der Waals surface area (Å²) in [5.41, 5.74) is 4.16. The first-order valence-electron chi connectivity index (χ1n) is 4.96. The maximum atomic E-state index is 5.15. The van der Waals surface area contributed by atoms with Crippen LogP contribution in [0.4, 0.5) is 0 Å². The number of hydrogen-bond acceptors (Lipinski definition) is 2. The van der Waals surface area contributed by atoms with Gasteiger partial charge in [0.25, 0.3) is 0 Å². The minimum atomic E-state index is 0.593. The molecule has 0 amide bonds. The summed E-state index contributed by atoms with van der Waals surface area (Å²) in [5.74, 6) is 0. The van der Waals surface area contributed by atoms with Gasteiger partial charge >= 0.3 is 0 Å². The summed E-state index contributed by atoms with van der Waals surface area (Å²) in [6.45, 7) is 0. The largest absolute Gasteiger partial charge is 0.357 e. The molecule has 3 rings (SSSR count). The van der Waals surface area contributed by atoms with E-state index in [0.29, 0.717) is 4.64 Å². The molecule has 0 bridgehead atoms. The Kier molecular flexibility index (Phi) is 2.08. The molecule has 0 aliphatic heterocycles. The first-order valence-corrected chi connectivity index (χ1v) is 5.37. The monoisotopic (exact) mass is 227 g/mol. The molecule has 0 saturated carbocycles. The third-order valence-corrected chi connectivity index (χ3v) is 2.88. The number of H-pyrrole nitrogens is 2. The average molecular weight is 227 g/mol. The second kappa shape index (κ2) is 3.57. The van der Waals surface area contributed by atoms with Gasteiger partial charge in [0.15, 0.2) is 4.64 Å². The Morgan fingerprint density at radius 2 is 1.81 bits per heavy atom. The second-order valence-corrected chi connectivity index (χ2v) is 3.91. The van der Waals surface area contributed by atoms with Crippen LogP contribution in [0.5, 0.6) is 0 Å². The van der Waals surface area contributed by atoms with Crippen molar-refractivity contribution in [2.45, 2.75) is 0 Å². The summed E-state index contributed by atoms with van der Waals surface area (Å²) < 4.78 is 0.593. The van der Waals surface area contributed by atoms with Crippen LogP contribution in [0, 0.1) is 4.64 Å². The molecule has 0 aliphatic carbocycles. The molecule has 0 spiro atoms. The quantitative estimate of drug-likeness (QED) is 0.626. The van der Waals surface area contributed by atoms with Crippen molar-refractivity contribution in [2.75, 3.05) is 0 Å². The highest BCUT2D eigenvalue weighted by atomic mass is 32.1. The van der Waals surface area contributed by atoms with Gasteiger partial charge in [-0.3, -0.25) is 0 Å². The van der Waals surface area contributed by atoms with Gasteiger partial charge in [0.1, 0.15) is 5.52 Å². The lowest BCUT2D eigenvalue weighted by atomic mass is 10.1. The van der Waals surface area contributed by atoms with Crippen LogP contribution >= 0.6 is 12.2 Å². The molecule has 0 aliphatic rings.